The van der Waals surface area contributed by atoms with Crippen molar-refractivity contribution in [3.05, 3.63) is 71.8 Å². The molecule has 5 heteroatoms. The molecule has 0 aliphatic carbocycles. The summed E-state index contributed by atoms with van der Waals surface area (Å²) in [7, 11) is 0. The van der Waals surface area contributed by atoms with Gasteiger partial charge in [0, 0.05) is 5.56 Å². The van der Waals surface area contributed by atoms with Crippen LogP contribution in [0.25, 0.3) is 5.57 Å². The summed E-state index contributed by atoms with van der Waals surface area (Å²) in [5.41, 5.74) is 9.49. The first-order valence-corrected chi connectivity index (χ1v) is 8.60. The third-order valence-corrected chi connectivity index (χ3v) is 4.12. The first kappa shape index (κ1) is 17.9. The van der Waals surface area contributed by atoms with Crippen LogP contribution >= 0.6 is 0 Å². The van der Waals surface area contributed by atoms with Gasteiger partial charge in [0.1, 0.15) is 12.6 Å². The number of anilines is 1. The Labute approximate surface area is 153 Å². The van der Waals surface area contributed by atoms with Gasteiger partial charge >= 0.3 is 5.97 Å². The molecule has 1 aliphatic rings. The fraction of sp³-hybridized carbons (Fsp3) is 0.238. The molecule has 1 heterocycles. The number of amides is 1. The molecule has 1 atom stereocenters. The van der Waals surface area contributed by atoms with Crippen LogP contribution in [-0.4, -0.2) is 30.6 Å². The number of hydrogen-bond donors (Lipinski definition) is 1. The van der Waals surface area contributed by atoms with E-state index < -0.39 is 12.0 Å². The van der Waals surface area contributed by atoms with Gasteiger partial charge in [-0.15, -0.1) is 0 Å². The third-order valence-electron chi connectivity index (χ3n) is 4.12. The maximum absolute atomic E-state index is 12.9. The van der Waals surface area contributed by atoms with Crippen molar-refractivity contribution in [1.82, 2.24) is 0 Å². The van der Waals surface area contributed by atoms with Crippen molar-refractivity contribution in [3.63, 3.8) is 0 Å². The maximum atomic E-state index is 12.9. The Morgan fingerprint density at radius 3 is 2.46 bits per heavy atom. The molecule has 134 valence electrons. The highest BCUT2D eigenvalue weighted by molar-refractivity contribution is 6.07. The van der Waals surface area contributed by atoms with E-state index in [9.17, 15) is 9.59 Å². The van der Waals surface area contributed by atoms with E-state index in [0.717, 1.165) is 16.7 Å². The van der Waals surface area contributed by atoms with Crippen molar-refractivity contribution in [2.24, 2.45) is 5.73 Å². The lowest BCUT2D eigenvalue weighted by Gasteiger charge is -2.24. The maximum Gasteiger partial charge on any atom is 0.326 e. The second-order valence-electron chi connectivity index (χ2n) is 6.45. The summed E-state index contributed by atoms with van der Waals surface area (Å²) in [5, 5.41) is 0. The molecule has 0 fully saturated rings. The minimum atomic E-state index is -0.843. The number of nitrogens with two attached hydrogens (primary N) is 1. The summed E-state index contributed by atoms with van der Waals surface area (Å²) in [4.78, 5) is 26.4. The molecule has 1 amide bonds. The van der Waals surface area contributed by atoms with Crippen molar-refractivity contribution in [2.45, 2.75) is 26.0 Å². The van der Waals surface area contributed by atoms with E-state index >= 15 is 0 Å². The molecule has 3 rings (SSSR count). The lowest BCUT2D eigenvalue weighted by molar-refractivity contribution is -0.146. The summed E-state index contributed by atoms with van der Waals surface area (Å²) in [6.07, 6.45) is 1.51. The van der Waals surface area contributed by atoms with Crippen LogP contribution in [0.15, 0.2) is 60.7 Å². The zero-order valence-electron chi connectivity index (χ0n) is 14.9. The van der Waals surface area contributed by atoms with Crippen molar-refractivity contribution in [2.75, 3.05) is 11.4 Å². The Bertz CT molecular complexity index is 843. The molecule has 1 aliphatic heterocycles. The molecule has 2 aromatic carbocycles. The van der Waals surface area contributed by atoms with E-state index in [2.05, 4.69) is 0 Å². The number of para-hydroxylation sites is 1. The van der Waals surface area contributed by atoms with Crippen molar-refractivity contribution in [1.29, 1.82) is 0 Å². The normalized spacial score (nSPS) is 16.8. The van der Waals surface area contributed by atoms with Gasteiger partial charge in [0.05, 0.1) is 11.8 Å². The Morgan fingerprint density at radius 2 is 1.77 bits per heavy atom. The van der Waals surface area contributed by atoms with Gasteiger partial charge < -0.3 is 10.5 Å². The second kappa shape index (κ2) is 7.54. The lowest BCUT2D eigenvalue weighted by atomic mass is 9.95. The standard InChI is InChI=1S/C21H22N2O3/c1-14(2)26-20(24)13-23-19-11-7-6-10-16(19)17(12-18(22)21(23)25)15-8-4-3-5-9-15/h3-12,14,18H,13,22H2,1-2H3. The van der Waals surface area contributed by atoms with Crippen LogP contribution in [0, 0.1) is 0 Å². The Kier molecular flexibility index (Phi) is 5.19. The van der Waals surface area contributed by atoms with Gasteiger partial charge in [0.25, 0.3) is 0 Å². The number of carbonyl (C=O) groups is 2. The Balaban J connectivity index is 2.06. The van der Waals surface area contributed by atoms with Crippen LogP contribution < -0.4 is 10.6 Å². The van der Waals surface area contributed by atoms with Gasteiger partial charge in [-0.05, 0) is 37.1 Å². The Morgan fingerprint density at radius 1 is 1.12 bits per heavy atom. The van der Waals surface area contributed by atoms with Gasteiger partial charge in [0.2, 0.25) is 5.91 Å². The summed E-state index contributed by atoms with van der Waals surface area (Å²) >= 11 is 0. The van der Waals surface area contributed by atoms with E-state index in [0.29, 0.717) is 5.69 Å². The molecule has 2 N–H and O–H groups in total. The van der Waals surface area contributed by atoms with Gasteiger partial charge in [-0.2, -0.15) is 0 Å². The largest absolute Gasteiger partial charge is 0.462 e. The van der Waals surface area contributed by atoms with E-state index in [-0.39, 0.29) is 18.6 Å². The van der Waals surface area contributed by atoms with Crippen LogP contribution in [0.4, 0.5) is 5.69 Å². The van der Waals surface area contributed by atoms with Gasteiger partial charge in [0.15, 0.2) is 0 Å². The molecule has 0 bridgehead atoms. The third kappa shape index (κ3) is 3.68. The average Bonchev–Trinajstić information content (AvgIpc) is 2.72. The van der Waals surface area contributed by atoms with E-state index in [1.165, 1.54) is 4.90 Å². The van der Waals surface area contributed by atoms with E-state index in [1.54, 1.807) is 19.9 Å². The number of ether oxygens (including phenoxy) is 1. The molecular formula is C21H22N2O3. The minimum Gasteiger partial charge on any atom is -0.462 e. The molecule has 0 spiro atoms. The first-order valence-electron chi connectivity index (χ1n) is 8.60. The second-order valence-corrected chi connectivity index (χ2v) is 6.45. The van der Waals surface area contributed by atoms with E-state index in [1.807, 2.05) is 54.6 Å². The van der Waals surface area contributed by atoms with Crippen LogP contribution in [0.2, 0.25) is 0 Å². The molecule has 0 saturated heterocycles. The van der Waals surface area contributed by atoms with Crippen LogP contribution in [0.3, 0.4) is 0 Å². The minimum absolute atomic E-state index is 0.169. The zero-order chi connectivity index (χ0) is 18.7. The van der Waals surface area contributed by atoms with Crippen LogP contribution in [-0.2, 0) is 14.3 Å². The van der Waals surface area contributed by atoms with Crippen molar-refractivity contribution >= 4 is 23.1 Å². The first-order chi connectivity index (χ1) is 12.5. The SMILES string of the molecule is CC(C)OC(=O)CN1C(=O)C(N)C=C(c2ccccc2)c2ccccc21. The summed E-state index contributed by atoms with van der Waals surface area (Å²) < 4.78 is 5.21. The number of carbonyl (C=O) groups excluding carboxylic acids is 2. The monoisotopic (exact) mass is 350 g/mol. The molecule has 5 nitrogen and oxygen atoms in total. The Hall–Kier alpha value is -2.92. The topological polar surface area (TPSA) is 72.6 Å². The quantitative estimate of drug-likeness (QED) is 0.861. The highest BCUT2D eigenvalue weighted by Crippen LogP contribution is 2.34. The lowest BCUT2D eigenvalue weighted by Crippen LogP contribution is -2.45. The van der Waals surface area contributed by atoms with Crippen LogP contribution in [0.1, 0.15) is 25.0 Å². The predicted molar refractivity (Wildman–Crippen MR) is 102 cm³/mol. The molecule has 2 aromatic rings. The number of hydrogen-bond acceptors (Lipinski definition) is 4. The number of esters is 1. The fourth-order valence-electron chi connectivity index (χ4n) is 3.04. The average molecular weight is 350 g/mol. The van der Waals surface area contributed by atoms with Gasteiger partial charge in [-0.25, -0.2) is 0 Å². The van der Waals surface area contributed by atoms with E-state index in [4.69, 9.17) is 10.5 Å². The van der Waals surface area contributed by atoms with Gasteiger partial charge in [-0.1, -0.05) is 48.5 Å². The smallest absolute Gasteiger partial charge is 0.326 e. The highest BCUT2D eigenvalue weighted by Gasteiger charge is 2.30. The molecular weight excluding hydrogens is 328 g/mol. The van der Waals surface area contributed by atoms with Crippen LogP contribution in [0.5, 0.6) is 0 Å². The number of nitrogens with zero attached hydrogens (tertiary/aromatic N) is 1. The summed E-state index contributed by atoms with van der Waals surface area (Å²) in [6, 6.07) is 16.4. The molecule has 0 radical (unpaired) electrons. The summed E-state index contributed by atoms with van der Waals surface area (Å²) in [6.45, 7) is 3.38. The molecule has 26 heavy (non-hydrogen) atoms. The van der Waals surface area contributed by atoms with Crippen molar-refractivity contribution in [3.8, 4) is 0 Å². The number of fused-ring (bicyclic) bond motifs is 1. The molecule has 1 unspecified atom stereocenters. The number of benzene rings is 2. The van der Waals surface area contributed by atoms with Crippen molar-refractivity contribution < 1.29 is 14.3 Å². The molecule has 0 aromatic heterocycles. The highest BCUT2D eigenvalue weighted by atomic mass is 16.5. The zero-order valence-corrected chi connectivity index (χ0v) is 14.9. The fourth-order valence-corrected chi connectivity index (χ4v) is 3.04. The number of rotatable bonds is 4. The predicted octanol–water partition coefficient (Wildman–Crippen LogP) is 2.74. The molecule has 0 saturated carbocycles. The summed E-state index contributed by atoms with van der Waals surface area (Å²) in [5.74, 6) is -0.789. The van der Waals surface area contributed by atoms with Gasteiger partial charge in [-0.3, -0.25) is 14.5 Å².